The molecule has 13 nitrogen and oxygen atoms in total. The molecular weight excluding hydrogens is 587 g/mol. The average molecular weight is 618 g/mol. The van der Waals surface area contributed by atoms with Gasteiger partial charge in [-0.1, -0.05) is 6.07 Å². The molecule has 1 aliphatic rings. The molecule has 1 fully saturated rings. The minimum absolute atomic E-state index is 0.00112. The molecule has 0 saturated carbocycles. The number of carbonyl (C=O) groups is 1. The van der Waals surface area contributed by atoms with E-state index in [0.29, 0.717) is 23.9 Å². The van der Waals surface area contributed by atoms with Crippen molar-refractivity contribution in [1.29, 1.82) is 0 Å². The maximum atomic E-state index is 13.8. The van der Waals surface area contributed by atoms with E-state index >= 15 is 0 Å². The number of nitrogens with zero attached hydrogens (tertiary/aromatic N) is 5. The van der Waals surface area contributed by atoms with Crippen molar-refractivity contribution in [2.45, 2.75) is 31.8 Å². The Morgan fingerprint density at radius 1 is 1.19 bits per heavy atom. The molecule has 0 aliphatic carbocycles. The first kappa shape index (κ1) is 30.4. The summed E-state index contributed by atoms with van der Waals surface area (Å²) < 4.78 is 50.2. The van der Waals surface area contributed by atoms with Gasteiger partial charge in [-0.2, -0.15) is 10.2 Å². The van der Waals surface area contributed by atoms with E-state index in [1.165, 1.54) is 23.0 Å². The van der Waals surface area contributed by atoms with Gasteiger partial charge in [0.2, 0.25) is 5.91 Å². The standard InChI is InChI=1S/C27H30F2N7O6P/c28-23-5-1-6-24(26(23)29)33-25(37)16-36-15-19(14-31-36)32-27-22-8-7-21(12-18(22)13-30-34-27)41-11-3-10-35-9-2-4-20(35)17-42-43(38,39)40/h1,5-8,12-15,20H,2-4,9-11,16-17H2,(H,32,34)(H,33,37)(H2,38,39,40)/t20-/m1/s1. The predicted molar refractivity (Wildman–Crippen MR) is 153 cm³/mol. The summed E-state index contributed by atoms with van der Waals surface area (Å²) in [6.45, 7) is 1.80. The molecule has 0 radical (unpaired) electrons. The van der Waals surface area contributed by atoms with Crippen molar-refractivity contribution in [3.63, 3.8) is 0 Å². The van der Waals surface area contributed by atoms with E-state index in [1.807, 2.05) is 18.2 Å². The third-order valence-electron chi connectivity index (χ3n) is 6.85. The lowest BCUT2D eigenvalue weighted by Crippen LogP contribution is -2.34. The van der Waals surface area contributed by atoms with E-state index in [9.17, 15) is 18.1 Å². The topological polar surface area (TPSA) is 164 Å². The molecule has 4 aromatic rings. The summed E-state index contributed by atoms with van der Waals surface area (Å²) in [5.41, 5.74) is 0.287. The number of likely N-dealkylation sites (tertiary alicyclic amines) is 1. The fraction of sp³-hybridized carbons (Fsp3) is 0.333. The second-order valence-electron chi connectivity index (χ2n) is 9.96. The Morgan fingerprint density at radius 3 is 2.88 bits per heavy atom. The molecule has 2 aromatic carbocycles. The SMILES string of the molecule is O=C(Cn1cc(Nc2nncc3cc(OCCCN4CCC[C@@H]4COP(=O)(O)O)ccc23)cn1)Nc1cccc(F)c1F. The minimum Gasteiger partial charge on any atom is -0.494 e. The van der Waals surface area contributed by atoms with Crippen molar-refractivity contribution in [3.8, 4) is 5.75 Å². The average Bonchev–Trinajstić information content (AvgIpc) is 3.61. The van der Waals surface area contributed by atoms with Crippen LogP contribution in [0, 0.1) is 11.6 Å². The number of halogens is 2. The summed E-state index contributed by atoms with van der Waals surface area (Å²) in [5, 5.41) is 19.4. The molecule has 16 heteroatoms. The van der Waals surface area contributed by atoms with E-state index in [2.05, 4.69) is 35.4 Å². The van der Waals surface area contributed by atoms with Gasteiger partial charge in [-0.3, -0.25) is 18.9 Å². The fourth-order valence-electron chi connectivity index (χ4n) is 4.86. The van der Waals surface area contributed by atoms with Crippen LogP contribution in [0.5, 0.6) is 5.75 Å². The summed E-state index contributed by atoms with van der Waals surface area (Å²) in [6.07, 6.45) is 7.19. The Bertz CT molecular complexity index is 1630. The van der Waals surface area contributed by atoms with Gasteiger partial charge in [0.15, 0.2) is 17.5 Å². The largest absolute Gasteiger partial charge is 0.494 e. The van der Waals surface area contributed by atoms with Gasteiger partial charge >= 0.3 is 7.82 Å². The first-order chi connectivity index (χ1) is 20.6. The highest BCUT2D eigenvalue weighted by Crippen LogP contribution is 2.37. The Kier molecular flexibility index (Phi) is 9.58. The number of rotatable bonds is 13. The molecule has 0 bridgehead atoms. The zero-order chi connectivity index (χ0) is 30.4. The van der Waals surface area contributed by atoms with Crippen molar-refractivity contribution < 1.29 is 37.2 Å². The molecule has 0 spiro atoms. The number of hydrogen-bond donors (Lipinski definition) is 4. The number of hydrogen-bond acceptors (Lipinski definition) is 9. The number of aromatic nitrogens is 4. The van der Waals surface area contributed by atoms with Gasteiger partial charge in [0.1, 0.15) is 12.3 Å². The summed E-state index contributed by atoms with van der Waals surface area (Å²) in [5.74, 6) is -1.65. The third-order valence-corrected chi connectivity index (χ3v) is 7.34. The lowest BCUT2D eigenvalue weighted by atomic mass is 10.2. The van der Waals surface area contributed by atoms with Gasteiger partial charge in [0.25, 0.3) is 0 Å². The normalized spacial score (nSPS) is 15.6. The molecule has 1 aliphatic heterocycles. The molecule has 43 heavy (non-hydrogen) atoms. The quantitative estimate of drug-likeness (QED) is 0.127. The first-order valence-electron chi connectivity index (χ1n) is 13.5. The van der Waals surface area contributed by atoms with E-state index in [1.54, 1.807) is 12.4 Å². The lowest BCUT2D eigenvalue weighted by Gasteiger charge is -2.24. The molecule has 5 rings (SSSR count). The maximum absolute atomic E-state index is 13.8. The molecule has 2 aromatic heterocycles. The van der Waals surface area contributed by atoms with Gasteiger partial charge in [-0.15, -0.1) is 5.10 Å². The zero-order valence-electron chi connectivity index (χ0n) is 22.9. The number of amides is 1. The third kappa shape index (κ3) is 8.30. The molecule has 1 amide bonds. The minimum atomic E-state index is -4.48. The summed E-state index contributed by atoms with van der Waals surface area (Å²) >= 11 is 0. The molecule has 0 unspecified atom stereocenters. The van der Waals surface area contributed by atoms with Crippen LogP contribution in [-0.4, -0.2) is 72.9 Å². The Morgan fingerprint density at radius 2 is 2.05 bits per heavy atom. The number of nitrogens with one attached hydrogen (secondary N) is 2. The van der Waals surface area contributed by atoms with Crippen LogP contribution in [-0.2, 0) is 20.4 Å². The predicted octanol–water partition coefficient (Wildman–Crippen LogP) is 3.83. The Balaban J connectivity index is 1.13. The van der Waals surface area contributed by atoms with Gasteiger partial charge in [-0.25, -0.2) is 13.3 Å². The number of anilines is 3. The number of phosphoric ester groups is 1. The van der Waals surface area contributed by atoms with Crippen molar-refractivity contribution in [3.05, 3.63) is 66.6 Å². The molecule has 4 N–H and O–H groups in total. The van der Waals surface area contributed by atoms with Gasteiger partial charge in [-0.05, 0) is 56.1 Å². The molecular formula is C27H30F2N7O6P. The van der Waals surface area contributed by atoms with Crippen molar-refractivity contribution in [2.75, 3.05) is 36.9 Å². The summed E-state index contributed by atoms with van der Waals surface area (Å²) in [4.78, 5) is 32.4. The Hall–Kier alpha value is -4.01. The van der Waals surface area contributed by atoms with E-state index < -0.39 is 25.4 Å². The fourth-order valence-corrected chi connectivity index (χ4v) is 5.22. The van der Waals surface area contributed by atoms with Crippen LogP contribution in [0.1, 0.15) is 19.3 Å². The number of phosphoric acid groups is 1. The summed E-state index contributed by atoms with van der Waals surface area (Å²) in [7, 11) is -4.48. The van der Waals surface area contributed by atoms with Crippen LogP contribution in [0.2, 0.25) is 0 Å². The second kappa shape index (κ2) is 13.5. The van der Waals surface area contributed by atoms with Crippen LogP contribution in [0.3, 0.4) is 0 Å². The highest BCUT2D eigenvalue weighted by atomic mass is 31.2. The summed E-state index contributed by atoms with van der Waals surface area (Å²) in [6, 6.07) is 9.03. The molecule has 3 heterocycles. The molecule has 228 valence electrons. The number of benzene rings is 2. The number of fused-ring (bicyclic) bond motifs is 1. The van der Waals surface area contributed by atoms with Gasteiger partial charge < -0.3 is 25.2 Å². The van der Waals surface area contributed by atoms with Crippen LogP contribution < -0.4 is 15.4 Å². The monoisotopic (exact) mass is 617 g/mol. The van der Waals surface area contributed by atoms with Gasteiger partial charge in [0.05, 0.1) is 37.0 Å². The van der Waals surface area contributed by atoms with Crippen molar-refractivity contribution >= 4 is 41.7 Å². The van der Waals surface area contributed by atoms with Crippen LogP contribution in [0.15, 0.2) is 55.0 Å². The van der Waals surface area contributed by atoms with Crippen LogP contribution in [0.25, 0.3) is 10.8 Å². The highest BCUT2D eigenvalue weighted by Gasteiger charge is 2.27. The number of carbonyl (C=O) groups excluding carboxylic acids is 1. The second-order valence-corrected chi connectivity index (χ2v) is 11.2. The molecule has 1 atom stereocenters. The Labute approximate surface area is 245 Å². The first-order valence-corrected chi connectivity index (χ1v) is 15.0. The molecule has 1 saturated heterocycles. The van der Waals surface area contributed by atoms with Crippen LogP contribution in [0.4, 0.5) is 26.0 Å². The van der Waals surface area contributed by atoms with E-state index in [4.69, 9.17) is 14.5 Å². The maximum Gasteiger partial charge on any atom is 0.469 e. The van der Waals surface area contributed by atoms with E-state index in [-0.39, 0.29) is 24.9 Å². The van der Waals surface area contributed by atoms with Gasteiger partial charge in [0, 0.05) is 29.6 Å². The smallest absolute Gasteiger partial charge is 0.469 e. The zero-order valence-corrected chi connectivity index (χ0v) is 23.8. The van der Waals surface area contributed by atoms with Crippen molar-refractivity contribution in [2.24, 2.45) is 0 Å². The van der Waals surface area contributed by atoms with E-state index in [0.717, 1.165) is 49.2 Å². The highest BCUT2D eigenvalue weighted by molar-refractivity contribution is 7.46. The van der Waals surface area contributed by atoms with Crippen LogP contribution >= 0.6 is 7.82 Å². The van der Waals surface area contributed by atoms with Crippen molar-refractivity contribution in [1.82, 2.24) is 24.9 Å². The lowest BCUT2D eigenvalue weighted by molar-refractivity contribution is -0.116. The number of ether oxygens (including phenoxy) is 1.